The maximum absolute atomic E-state index is 13.6. The second-order valence-corrected chi connectivity index (χ2v) is 11.8. The molecular weight excluding hydrogens is 440 g/mol. The van der Waals surface area contributed by atoms with E-state index >= 15 is 0 Å². The summed E-state index contributed by atoms with van der Waals surface area (Å²) in [5.41, 5.74) is -0.356. The largest absolute Gasteiger partial charge is 0.353 e. The number of amides is 1. The molecule has 2 spiro atoms. The van der Waals surface area contributed by atoms with Crippen molar-refractivity contribution in [1.82, 2.24) is 9.62 Å². The van der Waals surface area contributed by atoms with Crippen LogP contribution in [0.4, 0.5) is 0 Å². The number of ether oxygens (including phenoxy) is 2. The first-order valence-corrected chi connectivity index (χ1v) is 13.7. The lowest BCUT2D eigenvalue weighted by Gasteiger charge is -2.58. The minimum atomic E-state index is -3.61. The number of allylic oxidation sites excluding steroid dienone is 2. The normalized spacial score (nSPS) is 34.0. The van der Waals surface area contributed by atoms with Crippen LogP contribution >= 0.6 is 0 Å². The number of hydrogen-bond donors (Lipinski definition) is 1. The van der Waals surface area contributed by atoms with Crippen LogP contribution in [-0.4, -0.2) is 56.8 Å². The summed E-state index contributed by atoms with van der Waals surface area (Å²) in [5, 5.41) is 3.32. The molecule has 1 saturated carbocycles. The summed E-state index contributed by atoms with van der Waals surface area (Å²) in [7, 11) is -3.61. The summed E-state index contributed by atoms with van der Waals surface area (Å²) < 4.78 is 41.0. The third-order valence-corrected chi connectivity index (χ3v) is 9.88. The molecule has 1 aliphatic carbocycles. The molecule has 1 aromatic carbocycles. The molecule has 7 nitrogen and oxygen atoms in total. The number of carbonyl (C=O) groups is 1. The topological polar surface area (TPSA) is 84.9 Å². The van der Waals surface area contributed by atoms with Crippen LogP contribution in [0.5, 0.6) is 0 Å². The maximum atomic E-state index is 13.6. The van der Waals surface area contributed by atoms with Crippen molar-refractivity contribution in [3.63, 3.8) is 0 Å². The lowest BCUT2D eigenvalue weighted by Crippen LogP contribution is -2.66. The first kappa shape index (κ1) is 23.0. The maximum Gasteiger partial charge on any atom is 0.243 e. The molecule has 2 saturated heterocycles. The van der Waals surface area contributed by atoms with Crippen LogP contribution in [0.2, 0.25) is 0 Å². The van der Waals surface area contributed by atoms with Gasteiger partial charge in [0, 0.05) is 43.8 Å². The second kappa shape index (κ2) is 9.13. The summed E-state index contributed by atoms with van der Waals surface area (Å²) in [5.74, 6) is -0.416. The third kappa shape index (κ3) is 4.38. The van der Waals surface area contributed by atoms with Crippen molar-refractivity contribution >= 4 is 15.9 Å². The smallest absolute Gasteiger partial charge is 0.243 e. The Bertz CT molecular complexity index is 989. The number of nitrogens with one attached hydrogen (secondary N) is 1. The third-order valence-electron chi connectivity index (χ3n) is 8.02. The first-order chi connectivity index (χ1) is 15.9. The highest BCUT2D eigenvalue weighted by atomic mass is 32.2. The van der Waals surface area contributed by atoms with Gasteiger partial charge in [0.15, 0.2) is 5.79 Å². The van der Waals surface area contributed by atoms with E-state index in [1.807, 2.05) is 6.07 Å². The van der Waals surface area contributed by atoms with Gasteiger partial charge in [-0.2, -0.15) is 4.31 Å². The summed E-state index contributed by atoms with van der Waals surface area (Å²) in [6.07, 6.45) is 10.3. The highest BCUT2D eigenvalue weighted by Crippen LogP contribution is 2.55. The summed E-state index contributed by atoms with van der Waals surface area (Å²) in [6.45, 7) is 2.01. The summed E-state index contributed by atoms with van der Waals surface area (Å²) in [4.78, 5) is 13.2. The fourth-order valence-corrected chi connectivity index (χ4v) is 7.92. The van der Waals surface area contributed by atoms with Crippen LogP contribution < -0.4 is 5.32 Å². The van der Waals surface area contributed by atoms with Crippen LogP contribution in [-0.2, 0) is 24.3 Å². The van der Waals surface area contributed by atoms with Gasteiger partial charge in [0.05, 0.1) is 18.1 Å². The Morgan fingerprint density at radius 1 is 1.03 bits per heavy atom. The SMILES string of the molecule is O=C1CCC/C=C\CC[C@]23CN(S(=O)(=O)c4ccccc4)CC[C@H]2CC2(C[C@@H]3N1)OCCO2. The molecule has 0 radical (unpaired) electrons. The van der Waals surface area contributed by atoms with Crippen molar-refractivity contribution in [1.29, 1.82) is 0 Å². The Hall–Kier alpha value is -1.74. The molecule has 8 heteroatoms. The van der Waals surface area contributed by atoms with Crippen LogP contribution in [0.15, 0.2) is 47.4 Å². The molecule has 0 bridgehead atoms. The molecule has 3 fully saturated rings. The van der Waals surface area contributed by atoms with E-state index in [1.165, 1.54) is 0 Å². The van der Waals surface area contributed by atoms with Crippen LogP contribution in [0.3, 0.4) is 0 Å². The van der Waals surface area contributed by atoms with Gasteiger partial charge in [-0.05, 0) is 50.2 Å². The average Bonchev–Trinajstić information content (AvgIpc) is 3.25. The van der Waals surface area contributed by atoms with E-state index in [0.29, 0.717) is 44.0 Å². The van der Waals surface area contributed by atoms with E-state index in [0.717, 1.165) is 38.5 Å². The average molecular weight is 475 g/mol. The zero-order valence-electron chi connectivity index (χ0n) is 19.1. The predicted molar refractivity (Wildman–Crippen MR) is 124 cm³/mol. The van der Waals surface area contributed by atoms with E-state index in [-0.39, 0.29) is 23.3 Å². The number of hydrogen-bond acceptors (Lipinski definition) is 5. The molecule has 1 N–H and O–H groups in total. The number of benzene rings is 1. The van der Waals surface area contributed by atoms with Gasteiger partial charge in [0.1, 0.15) is 0 Å². The van der Waals surface area contributed by atoms with Crippen LogP contribution in [0, 0.1) is 11.3 Å². The van der Waals surface area contributed by atoms with Gasteiger partial charge in [-0.25, -0.2) is 8.42 Å². The Kier molecular flexibility index (Phi) is 6.37. The van der Waals surface area contributed by atoms with Crippen molar-refractivity contribution in [2.24, 2.45) is 11.3 Å². The fraction of sp³-hybridized carbons (Fsp3) is 0.640. The van der Waals surface area contributed by atoms with E-state index in [1.54, 1.807) is 28.6 Å². The molecule has 5 rings (SSSR count). The van der Waals surface area contributed by atoms with Crippen molar-refractivity contribution in [2.45, 2.75) is 68.1 Å². The molecule has 180 valence electrons. The van der Waals surface area contributed by atoms with Gasteiger partial charge < -0.3 is 14.8 Å². The Morgan fingerprint density at radius 2 is 1.79 bits per heavy atom. The number of carbonyl (C=O) groups excluding carboxylic acids is 1. The van der Waals surface area contributed by atoms with Gasteiger partial charge >= 0.3 is 0 Å². The Balaban J connectivity index is 1.52. The highest BCUT2D eigenvalue weighted by Gasteiger charge is 2.59. The molecule has 3 aliphatic heterocycles. The minimum Gasteiger partial charge on any atom is -0.353 e. The molecule has 1 aromatic rings. The number of sulfonamides is 1. The molecule has 3 heterocycles. The standard InChI is InChI=1S/C25H34N2O5S/c28-23-11-7-2-1-3-8-13-24-19-27(33(29,30)21-9-5-4-6-10-21)14-12-20(24)17-25(18-22(24)26-23)31-15-16-32-25/h1,3-6,9-10,20,22H,2,7-8,11-19H2,(H,26,28)/b3-1-/t20-,22-,24-/m0/s1. The summed E-state index contributed by atoms with van der Waals surface area (Å²) >= 11 is 0. The van der Waals surface area contributed by atoms with Crippen molar-refractivity contribution in [2.75, 3.05) is 26.3 Å². The van der Waals surface area contributed by atoms with Gasteiger partial charge in [-0.15, -0.1) is 0 Å². The second-order valence-electron chi connectivity index (χ2n) is 9.91. The first-order valence-electron chi connectivity index (χ1n) is 12.2. The molecule has 33 heavy (non-hydrogen) atoms. The van der Waals surface area contributed by atoms with Crippen molar-refractivity contribution in [3.8, 4) is 0 Å². The zero-order chi connectivity index (χ0) is 22.9. The molecule has 0 aromatic heterocycles. The number of piperidine rings is 1. The van der Waals surface area contributed by atoms with Gasteiger partial charge in [-0.1, -0.05) is 30.4 Å². The van der Waals surface area contributed by atoms with Gasteiger partial charge in [0.2, 0.25) is 15.9 Å². The fourth-order valence-electron chi connectivity index (χ4n) is 6.36. The van der Waals surface area contributed by atoms with Gasteiger partial charge in [-0.3, -0.25) is 4.79 Å². The Labute approximate surface area is 196 Å². The van der Waals surface area contributed by atoms with Crippen LogP contribution in [0.1, 0.15) is 51.4 Å². The Morgan fingerprint density at radius 3 is 2.58 bits per heavy atom. The van der Waals surface area contributed by atoms with Crippen LogP contribution in [0.25, 0.3) is 0 Å². The van der Waals surface area contributed by atoms with Gasteiger partial charge in [0.25, 0.3) is 0 Å². The molecule has 1 amide bonds. The summed E-state index contributed by atoms with van der Waals surface area (Å²) in [6, 6.07) is 8.48. The molecule has 3 atom stereocenters. The van der Waals surface area contributed by atoms with Crippen molar-refractivity contribution < 1.29 is 22.7 Å². The lowest BCUT2D eigenvalue weighted by molar-refractivity contribution is -0.223. The molecule has 4 aliphatic rings. The molecule has 0 unspecified atom stereocenters. The monoisotopic (exact) mass is 474 g/mol. The predicted octanol–water partition coefficient (Wildman–Crippen LogP) is 3.23. The van der Waals surface area contributed by atoms with E-state index in [2.05, 4.69) is 17.5 Å². The zero-order valence-corrected chi connectivity index (χ0v) is 19.9. The van der Waals surface area contributed by atoms with E-state index < -0.39 is 15.8 Å². The number of nitrogens with zero attached hydrogens (tertiary/aromatic N) is 1. The quantitative estimate of drug-likeness (QED) is 0.666. The minimum absolute atomic E-state index is 0.0338. The van der Waals surface area contributed by atoms with Crippen molar-refractivity contribution in [3.05, 3.63) is 42.5 Å². The number of rotatable bonds is 2. The highest BCUT2D eigenvalue weighted by molar-refractivity contribution is 7.89. The van der Waals surface area contributed by atoms with E-state index in [9.17, 15) is 13.2 Å². The molecular formula is C25H34N2O5S. The lowest BCUT2D eigenvalue weighted by atomic mass is 9.57. The van der Waals surface area contributed by atoms with E-state index in [4.69, 9.17) is 9.47 Å².